The van der Waals surface area contributed by atoms with Crippen molar-refractivity contribution < 1.29 is 29.6 Å². The molecule has 0 aromatic heterocycles. The minimum atomic E-state index is -1.01. The fourth-order valence-corrected chi connectivity index (χ4v) is 3.44. The highest BCUT2D eigenvalue weighted by atomic mass is 16.5. The zero-order chi connectivity index (χ0) is 20.1. The van der Waals surface area contributed by atoms with Gasteiger partial charge in [-0.2, -0.15) is 0 Å². The summed E-state index contributed by atoms with van der Waals surface area (Å²) in [6.45, 7) is -0.187. The highest BCUT2D eigenvalue weighted by Gasteiger charge is 2.37. The Morgan fingerprint density at radius 2 is 1.61 bits per heavy atom. The van der Waals surface area contributed by atoms with Crippen molar-refractivity contribution in [2.24, 2.45) is 0 Å². The van der Waals surface area contributed by atoms with Crippen LogP contribution in [0.15, 0.2) is 48.5 Å². The second kappa shape index (κ2) is 9.30. The largest absolute Gasteiger partial charge is 0.465 e. The van der Waals surface area contributed by atoms with E-state index in [-0.39, 0.29) is 19.0 Å². The maximum atomic E-state index is 11.5. The summed E-state index contributed by atoms with van der Waals surface area (Å²) in [4.78, 5) is 11.5. The number of rotatable bonds is 6. The molecule has 0 spiro atoms. The van der Waals surface area contributed by atoms with Gasteiger partial charge in [-0.25, -0.2) is 4.79 Å². The summed E-state index contributed by atoms with van der Waals surface area (Å²) in [5, 5.41) is 29.5. The number of carbonyl (C=O) groups is 1. The molecule has 1 aliphatic rings. The van der Waals surface area contributed by atoms with E-state index in [0.717, 1.165) is 29.5 Å². The van der Waals surface area contributed by atoms with E-state index >= 15 is 0 Å². The van der Waals surface area contributed by atoms with Crippen LogP contribution in [0.4, 0.5) is 0 Å². The second-order valence-electron chi connectivity index (χ2n) is 7.08. The third-order valence-electron chi connectivity index (χ3n) is 5.14. The molecule has 0 bridgehead atoms. The average Bonchev–Trinajstić information content (AvgIpc) is 2.74. The zero-order valence-corrected chi connectivity index (χ0v) is 15.8. The smallest absolute Gasteiger partial charge is 0.337 e. The van der Waals surface area contributed by atoms with Crippen LogP contribution >= 0.6 is 0 Å². The number of benzene rings is 2. The Labute approximate surface area is 164 Å². The third-order valence-corrected chi connectivity index (χ3v) is 5.14. The van der Waals surface area contributed by atoms with Gasteiger partial charge in [0.2, 0.25) is 0 Å². The summed E-state index contributed by atoms with van der Waals surface area (Å²) in [6.07, 6.45) is -1.17. The Kier molecular flexibility index (Phi) is 6.80. The second-order valence-corrected chi connectivity index (χ2v) is 7.08. The van der Waals surface area contributed by atoms with Gasteiger partial charge in [-0.1, -0.05) is 36.4 Å². The topological polar surface area (TPSA) is 96.2 Å². The van der Waals surface area contributed by atoms with E-state index in [1.807, 2.05) is 36.4 Å². The lowest BCUT2D eigenvalue weighted by atomic mass is 9.92. The maximum Gasteiger partial charge on any atom is 0.337 e. The molecular weight excluding hydrogens is 360 g/mol. The van der Waals surface area contributed by atoms with Gasteiger partial charge in [-0.3, -0.25) is 0 Å². The SMILES string of the molecule is COC(=O)c1ccc(CCc2ccc(C3OC(CO)CC(O)C3O)cc2)cc1. The first kappa shape index (κ1) is 20.5. The molecule has 6 heteroatoms. The van der Waals surface area contributed by atoms with Gasteiger partial charge in [-0.05, 0) is 41.7 Å². The number of aryl methyl sites for hydroxylation is 2. The Morgan fingerprint density at radius 1 is 1.04 bits per heavy atom. The van der Waals surface area contributed by atoms with Gasteiger partial charge in [0.25, 0.3) is 0 Å². The van der Waals surface area contributed by atoms with Crippen molar-refractivity contribution >= 4 is 5.97 Å². The standard InChI is InChI=1S/C22H26O6/c1-27-22(26)17-10-6-15(7-11-17)3-2-14-4-8-16(9-5-14)21-20(25)19(24)12-18(13-23)28-21/h4-11,18-21,23-25H,2-3,12-13H2,1H3. The number of esters is 1. The van der Waals surface area contributed by atoms with Crippen LogP contribution in [-0.4, -0.2) is 53.3 Å². The molecule has 0 saturated carbocycles. The van der Waals surface area contributed by atoms with Gasteiger partial charge in [-0.15, -0.1) is 0 Å². The molecule has 2 aromatic carbocycles. The van der Waals surface area contributed by atoms with Gasteiger partial charge in [0.15, 0.2) is 0 Å². The number of hydrogen-bond donors (Lipinski definition) is 3. The first-order valence-electron chi connectivity index (χ1n) is 9.40. The average molecular weight is 386 g/mol. The maximum absolute atomic E-state index is 11.5. The summed E-state index contributed by atoms with van der Waals surface area (Å²) < 4.78 is 10.4. The Hall–Kier alpha value is -2.25. The fourth-order valence-electron chi connectivity index (χ4n) is 3.44. The summed E-state index contributed by atoms with van der Waals surface area (Å²) in [5.74, 6) is -0.345. The van der Waals surface area contributed by atoms with Crippen molar-refractivity contribution in [1.82, 2.24) is 0 Å². The Bertz CT molecular complexity index is 771. The molecule has 3 rings (SSSR count). The predicted octanol–water partition coefficient (Wildman–Crippen LogP) is 1.80. The van der Waals surface area contributed by atoms with Crippen LogP contribution in [0.5, 0.6) is 0 Å². The molecule has 2 aromatic rings. The van der Waals surface area contributed by atoms with E-state index in [1.165, 1.54) is 7.11 Å². The van der Waals surface area contributed by atoms with Crippen molar-refractivity contribution in [3.8, 4) is 0 Å². The predicted molar refractivity (Wildman–Crippen MR) is 103 cm³/mol. The minimum absolute atomic E-state index is 0.187. The van der Waals surface area contributed by atoms with Crippen molar-refractivity contribution in [2.45, 2.75) is 43.7 Å². The number of hydrogen-bond acceptors (Lipinski definition) is 6. The molecular formula is C22H26O6. The van der Waals surface area contributed by atoms with Crippen LogP contribution in [0.2, 0.25) is 0 Å². The summed E-state index contributed by atoms with van der Waals surface area (Å²) >= 11 is 0. The van der Waals surface area contributed by atoms with Gasteiger partial charge in [0.1, 0.15) is 12.2 Å². The lowest BCUT2D eigenvalue weighted by molar-refractivity contribution is -0.179. The Morgan fingerprint density at radius 3 is 2.14 bits per heavy atom. The van der Waals surface area contributed by atoms with E-state index in [4.69, 9.17) is 9.47 Å². The molecule has 150 valence electrons. The van der Waals surface area contributed by atoms with Crippen molar-refractivity contribution in [3.63, 3.8) is 0 Å². The van der Waals surface area contributed by atoms with Crippen LogP contribution in [0.3, 0.4) is 0 Å². The highest BCUT2D eigenvalue weighted by molar-refractivity contribution is 5.89. The van der Waals surface area contributed by atoms with E-state index < -0.39 is 24.4 Å². The summed E-state index contributed by atoms with van der Waals surface area (Å²) in [5.41, 5.74) is 3.56. The van der Waals surface area contributed by atoms with Gasteiger partial charge < -0.3 is 24.8 Å². The van der Waals surface area contributed by atoms with Crippen molar-refractivity contribution in [3.05, 3.63) is 70.8 Å². The number of ether oxygens (including phenoxy) is 2. The summed E-state index contributed by atoms with van der Waals surface area (Å²) in [7, 11) is 1.36. The highest BCUT2D eigenvalue weighted by Crippen LogP contribution is 2.32. The molecule has 4 unspecified atom stereocenters. The first-order chi connectivity index (χ1) is 13.5. The molecule has 1 aliphatic heterocycles. The molecule has 3 N–H and O–H groups in total. The van der Waals surface area contributed by atoms with Crippen LogP contribution in [-0.2, 0) is 22.3 Å². The van der Waals surface area contributed by atoms with Gasteiger partial charge >= 0.3 is 5.97 Å². The molecule has 0 radical (unpaired) electrons. The molecule has 4 atom stereocenters. The number of aliphatic hydroxyl groups is 3. The molecule has 1 heterocycles. The molecule has 0 amide bonds. The number of carbonyl (C=O) groups excluding carboxylic acids is 1. The molecule has 1 saturated heterocycles. The lowest BCUT2D eigenvalue weighted by Crippen LogP contribution is -2.44. The molecule has 28 heavy (non-hydrogen) atoms. The van der Waals surface area contributed by atoms with Gasteiger partial charge in [0, 0.05) is 6.42 Å². The van der Waals surface area contributed by atoms with Crippen molar-refractivity contribution in [2.75, 3.05) is 13.7 Å². The van der Waals surface area contributed by atoms with E-state index in [1.54, 1.807) is 12.1 Å². The van der Waals surface area contributed by atoms with Crippen LogP contribution in [0.1, 0.15) is 39.6 Å². The Balaban J connectivity index is 1.60. The molecule has 0 aliphatic carbocycles. The number of aliphatic hydroxyl groups excluding tert-OH is 3. The fraction of sp³-hybridized carbons (Fsp3) is 0.409. The van der Waals surface area contributed by atoms with Crippen LogP contribution in [0.25, 0.3) is 0 Å². The van der Waals surface area contributed by atoms with E-state index in [2.05, 4.69) is 0 Å². The van der Waals surface area contributed by atoms with Crippen molar-refractivity contribution in [1.29, 1.82) is 0 Å². The normalized spacial score (nSPS) is 24.7. The van der Waals surface area contributed by atoms with E-state index in [9.17, 15) is 20.1 Å². The quantitative estimate of drug-likeness (QED) is 0.655. The third kappa shape index (κ3) is 4.77. The zero-order valence-electron chi connectivity index (χ0n) is 15.8. The van der Waals surface area contributed by atoms with Crippen LogP contribution < -0.4 is 0 Å². The lowest BCUT2D eigenvalue weighted by Gasteiger charge is -2.36. The number of methoxy groups -OCH3 is 1. The molecule has 6 nitrogen and oxygen atoms in total. The first-order valence-corrected chi connectivity index (χ1v) is 9.40. The minimum Gasteiger partial charge on any atom is -0.465 e. The summed E-state index contributed by atoms with van der Waals surface area (Å²) in [6, 6.07) is 15.1. The van der Waals surface area contributed by atoms with Gasteiger partial charge in [0.05, 0.1) is 31.5 Å². The van der Waals surface area contributed by atoms with E-state index in [0.29, 0.717) is 5.56 Å². The monoisotopic (exact) mass is 386 g/mol. The molecule has 1 fully saturated rings. The van der Waals surface area contributed by atoms with Crippen LogP contribution in [0, 0.1) is 0 Å².